The van der Waals surface area contributed by atoms with Gasteiger partial charge in [-0.3, -0.25) is 0 Å². The maximum absolute atomic E-state index is 2.43. The van der Waals surface area contributed by atoms with Gasteiger partial charge in [0.2, 0.25) is 0 Å². The standard InChI is InChI=1S/C32H30/c1-19-5-9-23-24-10-6-20(2)16-30(24)27(29(23)15-19)13-14-28-31-17-21(3)7-11-25(31)26-12-8-22(4)18-32(26)28/h5-12,15-18,27-28H,13-14H2,1-4H3. The minimum atomic E-state index is 0.488. The first-order valence-corrected chi connectivity index (χ1v) is 11.9. The number of rotatable bonds is 3. The van der Waals surface area contributed by atoms with Crippen LogP contribution < -0.4 is 0 Å². The van der Waals surface area contributed by atoms with Crippen LogP contribution in [0.3, 0.4) is 0 Å². The normalized spacial score (nSPS) is 14.2. The molecule has 0 atom stereocenters. The molecule has 0 fully saturated rings. The third-order valence-electron chi connectivity index (χ3n) is 7.65. The average molecular weight is 415 g/mol. The third kappa shape index (κ3) is 2.97. The Kier molecular flexibility index (Phi) is 4.40. The highest BCUT2D eigenvalue weighted by Crippen LogP contribution is 2.52. The smallest absolute Gasteiger partial charge is 0.0102 e. The molecule has 4 aromatic carbocycles. The zero-order chi connectivity index (χ0) is 22.0. The molecular weight excluding hydrogens is 384 g/mol. The zero-order valence-corrected chi connectivity index (χ0v) is 19.5. The molecule has 0 radical (unpaired) electrons. The van der Waals surface area contributed by atoms with Gasteiger partial charge in [0.15, 0.2) is 0 Å². The maximum atomic E-state index is 2.43. The van der Waals surface area contributed by atoms with Crippen LogP contribution in [0.5, 0.6) is 0 Å². The van der Waals surface area contributed by atoms with Gasteiger partial charge in [-0.25, -0.2) is 0 Å². The molecule has 0 saturated carbocycles. The van der Waals surface area contributed by atoms with Gasteiger partial charge in [-0.05, 0) is 85.0 Å². The Morgan fingerprint density at radius 2 is 0.656 bits per heavy atom. The van der Waals surface area contributed by atoms with E-state index in [0.717, 1.165) is 0 Å². The van der Waals surface area contributed by atoms with Crippen molar-refractivity contribution in [1.82, 2.24) is 0 Å². The van der Waals surface area contributed by atoms with E-state index in [2.05, 4.69) is 100 Å². The SMILES string of the molecule is Cc1ccc2c(c1)C(CCC1c3cc(C)ccc3-c3ccc(C)cc31)c1cc(C)ccc1-2. The summed E-state index contributed by atoms with van der Waals surface area (Å²) in [6, 6.07) is 28.1. The fourth-order valence-electron chi connectivity index (χ4n) is 6.15. The molecule has 0 unspecified atom stereocenters. The Morgan fingerprint density at radius 3 is 0.906 bits per heavy atom. The molecule has 158 valence electrons. The van der Waals surface area contributed by atoms with E-state index in [-0.39, 0.29) is 0 Å². The van der Waals surface area contributed by atoms with Crippen LogP contribution in [0.15, 0.2) is 72.8 Å². The zero-order valence-electron chi connectivity index (χ0n) is 19.5. The molecule has 0 nitrogen and oxygen atoms in total. The fraction of sp³-hybridized carbons (Fsp3) is 0.250. The van der Waals surface area contributed by atoms with E-state index >= 15 is 0 Å². The minimum absolute atomic E-state index is 0.488. The lowest BCUT2D eigenvalue weighted by molar-refractivity contribution is 0.625. The average Bonchev–Trinajstić information content (AvgIpc) is 3.22. The summed E-state index contributed by atoms with van der Waals surface area (Å²) in [4.78, 5) is 0. The molecule has 2 aliphatic carbocycles. The first kappa shape index (κ1) is 19.6. The Labute approximate surface area is 192 Å². The predicted octanol–water partition coefficient (Wildman–Crippen LogP) is 8.63. The summed E-state index contributed by atoms with van der Waals surface area (Å²) in [5.74, 6) is 0.976. The maximum Gasteiger partial charge on any atom is 0.0102 e. The van der Waals surface area contributed by atoms with Gasteiger partial charge in [-0.1, -0.05) is 95.1 Å². The van der Waals surface area contributed by atoms with Crippen molar-refractivity contribution in [3.05, 3.63) is 117 Å². The van der Waals surface area contributed by atoms with Crippen molar-refractivity contribution in [1.29, 1.82) is 0 Å². The van der Waals surface area contributed by atoms with Crippen molar-refractivity contribution >= 4 is 0 Å². The van der Waals surface area contributed by atoms with Gasteiger partial charge in [0.25, 0.3) is 0 Å². The van der Waals surface area contributed by atoms with Crippen molar-refractivity contribution in [3.63, 3.8) is 0 Å². The number of benzene rings is 4. The van der Waals surface area contributed by atoms with E-state index in [1.165, 1.54) is 79.6 Å². The molecule has 4 aromatic rings. The fourth-order valence-corrected chi connectivity index (χ4v) is 6.15. The van der Waals surface area contributed by atoms with Crippen molar-refractivity contribution in [2.75, 3.05) is 0 Å². The summed E-state index contributed by atoms with van der Waals surface area (Å²) in [5, 5.41) is 0. The van der Waals surface area contributed by atoms with Gasteiger partial charge in [0, 0.05) is 11.8 Å². The largest absolute Gasteiger partial charge is 0.0587 e. The minimum Gasteiger partial charge on any atom is -0.0587 e. The molecule has 0 amide bonds. The molecule has 0 saturated heterocycles. The molecule has 0 heterocycles. The van der Waals surface area contributed by atoms with Crippen molar-refractivity contribution in [3.8, 4) is 22.3 Å². The van der Waals surface area contributed by atoms with Crippen LogP contribution in [0.1, 0.15) is 69.2 Å². The summed E-state index contributed by atoms with van der Waals surface area (Å²) in [6.45, 7) is 8.89. The van der Waals surface area contributed by atoms with Crippen LogP contribution in [0.25, 0.3) is 22.3 Å². The Morgan fingerprint density at radius 1 is 0.406 bits per heavy atom. The summed E-state index contributed by atoms with van der Waals surface area (Å²) in [6.07, 6.45) is 2.36. The van der Waals surface area contributed by atoms with E-state index < -0.39 is 0 Å². The monoisotopic (exact) mass is 414 g/mol. The van der Waals surface area contributed by atoms with Crippen LogP contribution in [0.2, 0.25) is 0 Å². The summed E-state index contributed by atoms with van der Waals surface area (Å²) < 4.78 is 0. The first-order valence-electron chi connectivity index (χ1n) is 11.9. The second kappa shape index (κ2) is 7.20. The van der Waals surface area contributed by atoms with Crippen molar-refractivity contribution in [2.45, 2.75) is 52.4 Å². The van der Waals surface area contributed by atoms with E-state index in [4.69, 9.17) is 0 Å². The van der Waals surface area contributed by atoms with E-state index in [1.807, 2.05) is 0 Å². The molecule has 0 aromatic heterocycles. The van der Waals surface area contributed by atoms with Crippen LogP contribution in [-0.4, -0.2) is 0 Å². The van der Waals surface area contributed by atoms with Gasteiger partial charge >= 0.3 is 0 Å². The summed E-state index contributed by atoms with van der Waals surface area (Å²) in [5.41, 5.74) is 17.3. The van der Waals surface area contributed by atoms with Gasteiger partial charge in [0.1, 0.15) is 0 Å². The lowest BCUT2D eigenvalue weighted by atomic mass is 9.84. The highest BCUT2D eigenvalue weighted by Gasteiger charge is 2.33. The Hall–Kier alpha value is -3.12. The van der Waals surface area contributed by atoms with Crippen LogP contribution in [-0.2, 0) is 0 Å². The van der Waals surface area contributed by atoms with Crippen molar-refractivity contribution in [2.24, 2.45) is 0 Å². The van der Waals surface area contributed by atoms with E-state index in [9.17, 15) is 0 Å². The van der Waals surface area contributed by atoms with E-state index in [0.29, 0.717) is 11.8 Å². The second-order valence-corrected chi connectivity index (χ2v) is 10.0. The van der Waals surface area contributed by atoms with Gasteiger partial charge < -0.3 is 0 Å². The summed E-state index contributed by atoms with van der Waals surface area (Å²) >= 11 is 0. The number of fused-ring (bicyclic) bond motifs is 6. The quantitative estimate of drug-likeness (QED) is 0.315. The molecule has 2 aliphatic rings. The van der Waals surface area contributed by atoms with Crippen molar-refractivity contribution < 1.29 is 0 Å². The Bertz CT molecular complexity index is 1160. The highest BCUT2D eigenvalue weighted by atomic mass is 14.4. The first-order chi connectivity index (χ1) is 15.5. The van der Waals surface area contributed by atoms with E-state index in [1.54, 1.807) is 0 Å². The Balaban J connectivity index is 1.41. The molecule has 6 rings (SSSR count). The topological polar surface area (TPSA) is 0 Å². The predicted molar refractivity (Wildman–Crippen MR) is 136 cm³/mol. The molecule has 0 bridgehead atoms. The van der Waals surface area contributed by atoms with Gasteiger partial charge in [0.05, 0.1) is 0 Å². The summed E-state index contributed by atoms with van der Waals surface area (Å²) in [7, 11) is 0. The lowest BCUT2D eigenvalue weighted by Gasteiger charge is -2.19. The molecule has 0 spiro atoms. The molecule has 0 heteroatoms. The lowest BCUT2D eigenvalue weighted by Crippen LogP contribution is -2.03. The van der Waals surface area contributed by atoms with Crippen LogP contribution in [0.4, 0.5) is 0 Å². The molecule has 0 N–H and O–H groups in total. The van der Waals surface area contributed by atoms with Crippen LogP contribution in [0, 0.1) is 27.7 Å². The molecule has 32 heavy (non-hydrogen) atoms. The highest BCUT2D eigenvalue weighted by molar-refractivity contribution is 5.81. The van der Waals surface area contributed by atoms with Crippen LogP contribution >= 0.6 is 0 Å². The number of aryl methyl sites for hydroxylation is 4. The van der Waals surface area contributed by atoms with Gasteiger partial charge in [-0.15, -0.1) is 0 Å². The third-order valence-corrected chi connectivity index (χ3v) is 7.65. The van der Waals surface area contributed by atoms with Gasteiger partial charge in [-0.2, -0.15) is 0 Å². The molecular formula is C32H30. The number of hydrogen-bond donors (Lipinski definition) is 0. The second-order valence-electron chi connectivity index (χ2n) is 10.0. The number of hydrogen-bond acceptors (Lipinski definition) is 0. The molecule has 0 aliphatic heterocycles.